The third-order valence-electron chi connectivity index (χ3n) is 3.68. The molecule has 110 valence electrons. The first-order valence-corrected chi connectivity index (χ1v) is 6.91. The van der Waals surface area contributed by atoms with Gasteiger partial charge in [0.25, 0.3) is 0 Å². The maximum atomic E-state index is 11.8. The molecule has 1 fully saturated rings. The molecule has 20 heavy (non-hydrogen) atoms. The van der Waals surface area contributed by atoms with Gasteiger partial charge < -0.3 is 20.5 Å². The van der Waals surface area contributed by atoms with Crippen LogP contribution in [0.3, 0.4) is 0 Å². The average Bonchev–Trinajstić information content (AvgIpc) is 2.69. The molecule has 5 heteroatoms. The Bertz CT molecular complexity index is 478. The Morgan fingerprint density at radius 1 is 1.55 bits per heavy atom. The maximum Gasteiger partial charge on any atom is 0.238 e. The highest BCUT2D eigenvalue weighted by Gasteiger charge is 2.39. The molecule has 1 aliphatic heterocycles. The van der Waals surface area contributed by atoms with E-state index in [0.29, 0.717) is 19.6 Å². The van der Waals surface area contributed by atoms with Gasteiger partial charge in [-0.3, -0.25) is 4.79 Å². The summed E-state index contributed by atoms with van der Waals surface area (Å²) in [5.74, 6) is -0.120. The summed E-state index contributed by atoms with van der Waals surface area (Å²) in [4.78, 5) is 11.8. The van der Waals surface area contributed by atoms with Crippen LogP contribution in [0.15, 0.2) is 24.3 Å². The molecule has 0 saturated carbocycles. The van der Waals surface area contributed by atoms with Gasteiger partial charge in [0.15, 0.2) is 0 Å². The van der Waals surface area contributed by atoms with Crippen LogP contribution in [0.25, 0.3) is 0 Å². The SMILES string of the molecule is Cc1cccc(NC(=O)CNCC2(O)CCOC2C)c1. The number of benzene rings is 1. The summed E-state index contributed by atoms with van der Waals surface area (Å²) in [5.41, 5.74) is 1.01. The fraction of sp³-hybridized carbons (Fsp3) is 0.533. The number of hydrogen-bond acceptors (Lipinski definition) is 4. The van der Waals surface area contributed by atoms with E-state index < -0.39 is 5.60 Å². The number of aryl methyl sites for hydroxylation is 1. The van der Waals surface area contributed by atoms with E-state index in [1.807, 2.05) is 38.1 Å². The molecule has 0 aromatic heterocycles. The van der Waals surface area contributed by atoms with E-state index >= 15 is 0 Å². The van der Waals surface area contributed by atoms with Crippen molar-refractivity contribution in [3.8, 4) is 0 Å². The van der Waals surface area contributed by atoms with Gasteiger partial charge in [-0.1, -0.05) is 12.1 Å². The number of amides is 1. The van der Waals surface area contributed by atoms with E-state index in [4.69, 9.17) is 4.74 Å². The number of anilines is 1. The second kappa shape index (κ2) is 6.35. The minimum atomic E-state index is -0.871. The van der Waals surface area contributed by atoms with Crippen molar-refractivity contribution in [3.05, 3.63) is 29.8 Å². The Morgan fingerprint density at radius 3 is 3.00 bits per heavy atom. The van der Waals surface area contributed by atoms with Gasteiger partial charge in [0.1, 0.15) is 5.60 Å². The van der Waals surface area contributed by atoms with E-state index in [1.54, 1.807) is 0 Å². The lowest BCUT2D eigenvalue weighted by atomic mass is 9.97. The van der Waals surface area contributed by atoms with Crippen molar-refractivity contribution in [1.29, 1.82) is 0 Å². The summed E-state index contributed by atoms with van der Waals surface area (Å²) in [7, 11) is 0. The summed E-state index contributed by atoms with van der Waals surface area (Å²) in [5, 5.41) is 16.1. The topological polar surface area (TPSA) is 70.6 Å². The van der Waals surface area contributed by atoms with Crippen LogP contribution in [0.4, 0.5) is 5.69 Å². The van der Waals surface area contributed by atoms with Gasteiger partial charge in [-0.2, -0.15) is 0 Å². The standard InChI is InChI=1S/C15H22N2O3/c1-11-4-3-5-13(8-11)17-14(18)9-16-10-15(19)6-7-20-12(15)2/h3-5,8,12,16,19H,6-7,9-10H2,1-2H3,(H,17,18). The third-order valence-corrected chi connectivity index (χ3v) is 3.68. The quantitative estimate of drug-likeness (QED) is 0.753. The molecule has 1 saturated heterocycles. The maximum absolute atomic E-state index is 11.8. The van der Waals surface area contributed by atoms with Gasteiger partial charge in [0.2, 0.25) is 5.91 Å². The first-order valence-electron chi connectivity index (χ1n) is 6.91. The molecule has 1 aliphatic rings. The van der Waals surface area contributed by atoms with Gasteiger partial charge in [-0.05, 0) is 31.5 Å². The lowest BCUT2D eigenvalue weighted by Crippen LogP contribution is -2.47. The molecule has 1 heterocycles. The Labute approximate surface area is 119 Å². The van der Waals surface area contributed by atoms with Crippen molar-refractivity contribution in [2.45, 2.75) is 32.0 Å². The highest BCUT2D eigenvalue weighted by Crippen LogP contribution is 2.24. The lowest BCUT2D eigenvalue weighted by molar-refractivity contribution is -0.115. The van der Waals surface area contributed by atoms with Crippen LogP contribution in [-0.4, -0.2) is 42.4 Å². The monoisotopic (exact) mass is 278 g/mol. The van der Waals surface area contributed by atoms with E-state index in [-0.39, 0.29) is 18.6 Å². The van der Waals surface area contributed by atoms with Gasteiger partial charge in [-0.15, -0.1) is 0 Å². The number of carbonyl (C=O) groups is 1. The molecule has 2 unspecified atom stereocenters. The van der Waals surface area contributed by atoms with Crippen LogP contribution in [0.2, 0.25) is 0 Å². The molecule has 5 nitrogen and oxygen atoms in total. The second-order valence-corrected chi connectivity index (χ2v) is 5.39. The van der Waals surface area contributed by atoms with E-state index in [0.717, 1.165) is 11.3 Å². The highest BCUT2D eigenvalue weighted by molar-refractivity contribution is 5.92. The zero-order valence-electron chi connectivity index (χ0n) is 12.0. The summed E-state index contributed by atoms with van der Waals surface area (Å²) in [6.07, 6.45) is 0.399. The zero-order valence-corrected chi connectivity index (χ0v) is 12.0. The van der Waals surface area contributed by atoms with Crippen molar-refractivity contribution in [3.63, 3.8) is 0 Å². The Kier molecular flexibility index (Phi) is 4.75. The summed E-state index contributed by atoms with van der Waals surface area (Å²) in [6.45, 7) is 4.92. The number of rotatable bonds is 5. The van der Waals surface area contributed by atoms with Crippen LogP contribution in [0.1, 0.15) is 18.9 Å². The third kappa shape index (κ3) is 3.79. The first kappa shape index (κ1) is 15.0. The second-order valence-electron chi connectivity index (χ2n) is 5.39. The van der Waals surface area contributed by atoms with E-state index in [9.17, 15) is 9.90 Å². The van der Waals surface area contributed by atoms with Crippen LogP contribution >= 0.6 is 0 Å². The average molecular weight is 278 g/mol. The lowest BCUT2D eigenvalue weighted by Gasteiger charge is -2.26. The number of ether oxygens (including phenoxy) is 1. The molecule has 0 aliphatic carbocycles. The molecular weight excluding hydrogens is 256 g/mol. The highest BCUT2D eigenvalue weighted by atomic mass is 16.5. The molecule has 2 rings (SSSR count). The number of carbonyl (C=O) groups excluding carboxylic acids is 1. The molecule has 0 radical (unpaired) electrons. The Hall–Kier alpha value is -1.43. The fourth-order valence-electron chi connectivity index (χ4n) is 2.32. The Morgan fingerprint density at radius 2 is 2.35 bits per heavy atom. The van der Waals surface area contributed by atoms with Gasteiger partial charge in [0, 0.05) is 25.3 Å². The molecule has 1 aromatic carbocycles. The van der Waals surface area contributed by atoms with Crippen molar-refractivity contribution < 1.29 is 14.6 Å². The predicted molar refractivity (Wildman–Crippen MR) is 77.7 cm³/mol. The normalized spacial score (nSPS) is 25.6. The minimum absolute atomic E-state index is 0.120. The van der Waals surface area contributed by atoms with E-state index in [1.165, 1.54) is 0 Å². The van der Waals surface area contributed by atoms with E-state index in [2.05, 4.69) is 10.6 Å². The van der Waals surface area contributed by atoms with Gasteiger partial charge >= 0.3 is 0 Å². The van der Waals surface area contributed by atoms with Gasteiger partial charge in [-0.25, -0.2) is 0 Å². The van der Waals surface area contributed by atoms with Crippen molar-refractivity contribution in [1.82, 2.24) is 5.32 Å². The number of aliphatic hydroxyl groups is 1. The molecule has 1 amide bonds. The van der Waals surface area contributed by atoms with Crippen LogP contribution < -0.4 is 10.6 Å². The summed E-state index contributed by atoms with van der Waals surface area (Å²) in [6, 6.07) is 7.65. The molecule has 0 bridgehead atoms. The van der Waals surface area contributed by atoms with Crippen LogP contribution in [-0.2, 0) is 9.53 Å². The van der Waals surface area contributed by atoms with Gasteiger partial charge in [0.05, 0.1) is 12.6 Å². The molecule has 2 atom stereocenters. The minimum Gasteiger partial charge on any atom is -0.386 e. The Balaban J connectivity index is 1.75. The first-order chi connectivity index (χ1) is 9.49. The molecule has 0 spiro atoms. The van der Waals surface area contributed by atoms with Crippen LogP contribution in [0, 0.1) is 6.92 Å². The van der Waals surface area contributed by atoms with Crippen molar-refractivity contribution >= 4 is 11.6 Å². The molecule has 3 N–H and O–H groups in total. The molecular formula is C15H22N2O3. The summed E-state index contributed by atoms with van der Waals surface area (Å²) >= 11 is 0. The number of hydrogen-bond donors (Lipinski definition) is 3. The number of nitrogens with one attached hydrogen (secondary N) is 2. The van der Waals surface area contributed by atoms with Crippen molar-refractivity contribution in [2.24, 2.45) is 0 Å². The fourth-order valence-corrected chi connectivity index (χ4v) is 2.32. The smallest absolute Gasteiger partial charge is 0.238 e. The van der Waals surface area contributed by atoms with Crippen molar-refractivity contribution in [2.75, 3.05) is 25.0 Å². The largest absolute Gasteiger partial charge is 0.386 e. The summed E-state index contributed by atoms with van der Waals surface area (Å²) < 4.78 is 5.34. The molecule has 1 aromatic rings. The predicted octanol–water partition coefficient (Wildman–Crippen LogP) is 1.06. The zero-order chi connectivity index (χ0) is 14.6. The van der Waals surface area contributed by atoms with Crippen LogP contribution in [0.5, 0.6) is 0 Å².